The van der Waals surface area contributed by atoms with Crippen molar-refractivity contribution in [3.63, 3.8) is 0 Å². The molecule has 0 radical (unpaired) electrons. The molecule has 10 heteroatoms. The van der Waals surface area contributed by atoms with Crippen molar-refractivity contribution in [1.29, 1.82) is 0 Å². The molecule has 0 spiro atoms. The third-order valence-corrected chi connectivity index (χ3v) is 4.54. The molecule has 0 saturated heterocycles. The maximum absolute atomic E-state index is 12.4. The summed E-state index contributed by atoms with van der Waals surface area (Å²) in [4.78, 5) is 12.4. The lowest BCUT2D eigenvalue weighted by Gasteiger charge is -2.09. The van der Waals surface area contributed by atoms with Gasteiger partial charge in [0.2, 0.25) is 0 Å². The molecule has 3 aromatic rings. The van der Waals surface area contributed by atoms with E-state index in [0.29, 0.717) is 28.0 Å². The van der Waals surface area contributed by atoms with E-state index in [2.05, 4.69) is 15.2 Å². The predicted octanol–water partition coefficient (Wildman–Crippen LogP) is 5.57. The van der Waals surface area contributed by atoms with Crippen molar-refractivity contribution < 1.29 is 22.7 Å². The number of anilines is 1. The molecule has 0 bridgehead atoms. The number of rotatable bonds is 7. The summed E-state index contributed by atoms with van der Waals surface area (Å²) >= 11 is 12.0. The summed E-state index contributed by atoms with van der Waals surface area (Å²) in [7, 11) is 0. The number of alkyl halides is 3. The number of nitrogens with zero attached hydrogens (tertiary/aromatic N) is 2. The molecule has 1 amide bonds. The summed E-state index contributed by atoms with van der Waals surface area (Å²) in [6.45, 7) is -1.21. The van der Waals surface area contributed by atoms with Crippen LogP contribution in [0.4, 0.5) is 19.0 Å². The fourth-order valence-electron chi connectivity index (χ4n) is 2.62. The number of hydrogen-bond acceptors (Lipinski definition) is 3. The van der Waals surface area contributed by atoms with E-state index < -0.39 is 18.7 Å². The van der Waals surface area contributed by atoms with Crippen molar-refractivity contribution in [2.45, 2.75) is 19.3 Å². The number of benzene rings is 2. The summed E-state index contributed by atoms with van der Waals surface area (Å²) in [6.07, 6.45) is -2.72. The number of ether oxygens (including phenoxy) is 1. The summed E-state index contributed by atoms with van der Waals surface area (Å²) in [5.74, 6) is -0.119. The van der Waals surface area contributed by atoms with Crippen molar-refractivity contribution in [2.75, 3.05) is 11.9 Å². The largest absolute Gasteiger partial charge is 0.411 e. The van der Waals surface area contributed by atoms with Crippen LogP contribution in [0.15, 0.2) is 54.7 Å². The first-order valence-corrected chi connectivity index (χ1v) is 9.47. The van der Waals surface area contributed by atoms with Gasteiger partial charge in [0.05, 0.1) is 13.2 Å². The SMILES string of the molecule is O=C(Nc1ccn(Cc2ccc(Cl)cc2Cl)n1)c1cccc(COCC(F)(F)F)c1. The maximum atomic E-state index is 12.4. The van der Waals surface area contributed by atoms with E-state index in [9.17, 15) is 18.0 Å². The Kier molecular flexibility index (Phi) is 7.02. The van der Waals surface area contributed by atoms with E-state index in [4.69, 9.17) is 23.2 Å². The molecule has 1 aromatic heterocycles. The van der Waals surface area contributed by atoms with Crippen molar-refractivity contribution in [3.8, 4) is 0 Å². The monoisotopic (exact) mass is 457 g/mol. The summed E-state index contributed by atoms with van der Waals surface area (Å²) in [5.41, 5.74) is 1.54. The molecule has 0 aliphatic rings. The molecular formula is C20H16Cl2F3N3O2. The number of nitrogens with one attached hydrogen (secondary N) is 1. The van der Waals surface area contributed by atoms with E-state index in [1.165, 1.54) is 6.07 Å². The minimum absolute atomic E-state index is 0.253. The highest BCUT2D eigenvalue weighted by molar-refractivity contribution is 6.35. The topological polar surface area (TPSA) is 56.2 Å². The first-order valence-electron chi connectivity index (χ1n) is 8.72. The van der Waals surface area contributed by atoms with Gasteiger partial charge in [0.1, 0.15) is 6.61 Å². The normalized spacial score (nSPS) is 11.5. The quantitative estimate of drug-likeness (QED) is 0.504. The number of amides is 1. The summed E-state index contributed by atoms with van der Waals surface area (Å²) < 4.78 is 42.8. The summed E-state index contributed by atoms with van der Waals surface area (Å²) in [5, 5.41) is 7.97. The molecule has 0 aliphatic heterocycles. The minimum Gasteiger partial charge on any atom is -0.367 e. The van der Waals surface area contributed by atoms with Gasteiger partial charge >= 0.3 is 6.18 Å². The van der Waals surface area contributed by atoms with Crippen LogP contribution in [0.3, 0.4) is 0 Å². The summed E-state index contributed by atoms with van der Waals surface area (Å²) in [6, 6.07) is 12.9. The number of carbonyl (C=O) groups excluding carboxylic acids is 1. The Morgan fingerprint density at radius 1 is 1.13 bits per heavy atom. The molecule has 1 N–H and O–H groups in total. The Morgan fingerprint density at radius 2 is 1.93 bits per heavy atom. The van der Waals surface area contributed by atoms with Crippen LogP contribution in [-0.2, 0) is 17.9 Å². The van der Waals surface area contributed by atoms with E-state index in [0.717, 1.165) is 5.56 Å². The molecule has 5 nitrogen and oxygen atoms in total. The number of hydrogen-bond donors (Lipinski definition) is 1. The van der Waals surface area contributed by atoms with E-state index >= 15 is 0 Å². The van der Waals surface area contributed by atoms with Crippen molar-refractivity contribution >= 4 is 34.9 Å². The van der Waals surface area contributed by atoms with Crippen molar-refractivity contribution in [2.24, 2.45) is 0 Å². The molecule has 158 valence electrons. The number of halogens is 5. The van der Waals surface area contributed by atoms with E-state index in [1.54, 1.807) is 53.3 Å². The van der Waals surface area contributed by atoms with Gasteiger partial charge in [-0.1, -0.05) is 41.4 Å². The minimum atomic E-state index is -4.40. The fourth-order valence-corrected chi connectivity index (χ4v) is 3.08. The highest BCUT2D eigenvalue weighted by atomic mass is 35.5. The van der Waals surface area contributed by atoms with Crippen molar-refractivity contribution in [1.82, 2.24) is 9.78 Å². The molecular weight excluding hydrogens is 442 g/mol. The van der Waals surface area contributed by atoms with Gasteiger partial charge in [-0.15, -0.1) is 0 Å². The zero-order valence-electron chi connectivity index (χ0n) is 15.4. The first-order chi connectivity index (χ1) is 14.2. The standard InChI is InChI=1S/C20H16Cl2F3N3O2/c21-16-5-4-15(17(22)9-16)10-28-7-6-18(27-28)26-19(29)14-3-1-2-13(8-14)11-30-12-20(23,24)25/h1-9H,10-12H2,(H,26,27,29). The van der Waals surface area contributed by atoms with Gasteiger partial charge in [-0.3, -0.25) is 9.48 Å². The van der Waals surface area contributed by atoms with Crippen LogP contribution < -0.4 is 5.32 Å². The third-order valence-electron chi connectivity index (χ3n) is 3.95. The molecule has 0 fully saturated rings. The lowest BCUT2D eigenvalue weighted by molar-refractivity contribution is -0.176. The Balaban J connectivity index is 1.60. The first kappa shape index (κ1) is 22.1. The average Bonchev–Trinajstić information content (AvgIpc) is 3.10. The Labute approximate surface area is 180 Å². The zero-order valence-corrected chi connectivity index (χ0v) is 16.9. The van der Waals surface area contributed by atoms with Crippen LogP contribution in [0.1, 0.15) is 21.5 Å². The third kappa shape index (κ3) is 6.48. The van der Waals surface area contributed by atoms with Crippen LogP contribution in [-0.4, -0.2) is 28.5 Å². The second-order valence-corrected chi connectivity index (χ2v) is 7.24. The Morgan fingerprint density at radius 3 is 2.67 bits per heavy atom. The smallest absolute Gasteiger partial charge is 0.367 e. The zero-order chi connectivity index (χ0) is 21.7. The van der Waals surface area contributed by atoms with Gasteiger partial charge in [0.15, 0.2) is 5.82 Å². The Bertz CT molecular complexity index is 1040. The predicted molar refractivity (Wildman–Crippen MR) is 108 cm³/mol. The average molecular weight is 458 g/mol. The lowest BCUT2D eigenvalue weighted by atomic mass is 10.1. The van der Waals surface area contributed by atoms with Gasteiger partial charge in [-0.05, 0) is 35.4 Å². The second-order valence-electron chi connectivity index (χ2n) is 6.40. The maximum Gasteiger partial charge on any atom is 0.411 e. The van der Waals surface area contributed by atoms with Crippen LogP contribution in [0.2, 0.25) is 10.0 Å². The molecule has 2 aromatic carbocycles. The molecule has 3 rings (SSSR count). The van der Waals surface area contributed by atoms with Gasteiger partial charge in [0.25, 0.3) is 5.91 Å². The van der Waals surface area contributed by atoms with Crippen LogP contribution in [0, 0.1) is 0 Å². The second kappa shape index (κ2) is 9.51. The van der Waals surface area contributed by atoms with E-state index in [1.807, 2.05) is 0 Å². The van der Waals surface area contributed by atoms with Crippen LogP contribution in [0.5, 0.6) is 0 Å². The lowest BCUT2D eigenvalue weighted by Crippen LogP contribution is -2.17. The van der Waals surface area contributed by atoms with Gasteiger partial charge in [-0.2, -0.15) is 18.3 Å². The molecule has 0 atom stereocenters. The molecule has 0 unspecified atom stereocenters. The fraction of sp³-hybridized carbons (Fsp3) is 0.200. The van der Waals surface area contributed by atoms with E-state index in [-0.39, 0.29) is 12.2 Å². The number of carbonyl (C=O) groups is 1. The highest BCUT2D eigenvalue weighted by Gasteiger charge is 2.27. The van der Waals surface area contributed by atoms with Crippen LogP contribution in [0.25, 0.3) is 0 Å². The van der Waals surface area contributed by atoms with Gasteiger partial charge in [0, 0.05) is 27.9 Å². The van der Waals surface area contributed by atoms with Gasteiger partial charge in [-0.25, -0.2) is 0 Å². The molecule has 30 heavy (non-hydrogen) atoms. The van der Waals surface area contributed by atoms with Crippen molar-refractivity contribution in [3.05, 3.63) is 81.5 Å². The molecule has 1 heterocycles. The highest BCUT2D eigenvalue weighted by Crippen LogP contribution is 2.22. The molecule has 0 aliphatic carbocycles. The Hall–Kier alpha value is -2.55. The molecule has 0 saturated carbocycles. The van der Waals surface area contributed by atoms with Crippen LogP contribution >= 0.6 is 23.2 Å². The van der Waals surface area contributed by atoms with Gasteiger partial charge < -0.3 is 10.1 Å². The number of aromatic nitrogens is 2.